The lowest BCUT2D eigenvalue weighted by atomic mass is 10.2. The van der Waals surface area contributed by atoms with Gasteiger partial charge in [-0.3, -0.25) is 0 Å². The SMILES string of the molecule is C1=CCN2C=CC=CC2=C1.CCO. The van der Waals surface area contributed by atoms with E-state index in [9.17, 15) is 0 Å². The Labute approximate surface area is 79.2 Å². The van der Waals surface area contributed by atoms with E-state index in [4.69, 9.17) is 5.11 Å². The highest BCUT2D eigenvalue weighted by Crippen LogP contribution is 2.14. The zero-order chi connectivity index (χ0) is 9.52. The molecule has 0 radical (unpaired) electrons. The second-order valence-electron chi connectivity index (χ2n) is 2.69. The summed E-state index contributed by atoms with van der Waals surface area (Å²) in [6, 6.07) is 0. The number of rotatable bonds is 0. The van der Waals surface area contributed by atoms with Crippen molar-refractivity contribution >= 4 is 0 Å². The Morgan fingerprint density at radius 2 is 2.15 bits per heavy atom. The van der Waals surface area contributed by atoms with Crippen LogP contribution in [0.4, 0.5) is 0 Å². The number of fused-ring (bicyclic) bond motifs is 1. The van der Waals surface area contributed by atoms with E-state index in [2.05, 4.69) is 47.6 Å². The van der Waals surface area contributed by atoms with Crippen molar-refractivity contribution in [3.05, 3.63) is 48.4 Å². The number of aliphatic hydroxyl groups excluding tert-OH is 1. The second kappa shape index (κ2) is 5.38. The zero-order valence-corrected chi connectivity index (χ0v) is 7.85. The largest absolute Gasteiger partial charge is 0.397 e. The van der Waals surface area contributed by atoms with Gasteiger partial charge in [0.2, 0.25) is 0 Å². The van der Waals surface area contributed by atoms with E-state index in [0.29, 0.717) is 0 Å². The normalized spacial score (nSPS) is 17.4. The van der Waals surface area contributed by atoms with Crippen LogP contribution in [-0.4, -0.2) is 23.2 Å². The van der Waals surface area contributed by atoms with E-state index in [1.54, 1.807) is 6.92 Å². The molecule has 0 amide bonds. The maximum atomic E-state index is 7.57. The summed E-state index contributed by atoms with van der Waals surface area (Å²) >= 11 is 0. The maximum Gasteiger partial charge on any atom is 0.0409 e. The topological polar surface area (TPSA) is 23.5 Å². The van der Waals surface area contributed by atoms with E-state index >= 15 is 0 Å². The summed E-state index contributed by atoms with van der Waals surface area (Å²) in [5, 5.41) is 7.57. The van der Waals surface area contributed by atoms with Crippen molar-refractivity contribution in [1.82, 2.24) is 4.90 Å². The summed E-state index contributed by atoms with van der Waals surface area (Å²) in [5.41, 5.74) is 1.28. The van der Waals surface area contributed by atoms with E-state index in [-0.39, 0.29) is 6.61 Å². The van der Waals surface area contributed by atoms with E-state index in [1.165, 1.54) is 5.70 Å². The van der Waals surface area contributed by atoms with Crippen molar-refractivity contribution in [1.29, 1.82) is 0 Å². The Bertz CT molecular complexity index is 261. The predicted octanol–water partition coefficient (Wildman–Crippen LogP) is 1.82. The average molecular weight is 177 g/mol. The Kier molecular flexibility index (Phi) is 4.06. The molecule has 0 bridgehead atoms. The lowest BCUT2D eigenvalue weighted by Crippen LogP contribution is -2.18. The van der Waals surface area contributed by atoms with Crippen LogP contribution in [0.15, 0.2) is 48.4 Å². The summed E-state index contributed by atoms with van der Waals surface area (Å²) in [6.07, 6.45) is 14.7. The quantitative estimate of drug-likeness (QED) is 0.610. The van der Waals surface area contributed by atoms with Crippen LogP contribution in [0, 0.1) is 0 Å². The predicted molar refractivity (Wildman–Crippen MR) is 55.0 cm³/mol. The van der Waals surface area contributed by atoms with Gasteiger partial charge in [0.05, 0.1) is 0 Å². The lowest BCUT2D eigenvalue weighted by Gasteiger charge is -2.23. The van der Waals surface area contributed by atoms with Gasteiger partial charge in [0.25, 0.3) is 0 Å². The van der Waals surface area contributed by atoms with Crippen molar-refractivity contribution in [2.24, 2.45) is 0 Å². The number of hydrogen-bond acceptors (Lipinski definition) is 2. The molecule has 2 nitrogen and oxygen atoms in total. The smallest absolute Gasteiger partial charge is 0.0409 e. The number of hydrogen-bond donors (Lipinski definition) is 1. The van der Waals surface area contributed by atoms with Crippen LogP contribution in [0.2, 0.25) is 0 Å². The standard InChI is InChI=1S/C9H9N.C2H6O/c1-3-7-10-8-4-2-6-9(10)5-1;1-2-3/h1-7H,8H2;3H,2H2,1H3. The summed E-state index contributed by atoms with van der Waals surface area (Å²) in [6.45, 7) is 2.94. The van der Waals surface area contributed by atoms with Crippen LogP contribution in [0.25, 0.3) is 0 Å². The van der Waals surface area contributed by atoms with Gasteiger partial charge in [-0.25, -0.2) is 0 Å². The molecular formula is C11H15NO. The first kappa shape index (κ1) is 9.81. The third-order valence-corrected chi connectivity index (χ3v) is 1.68. The minimum absolute atomic E-state index is 0.250. The molecular weight excluding hydrogens is 162 g/mol. The summed E-state index contributed by atoms with van der Waals surface area (Å²) in [4.78, 5) is 2.21. The zero-order valence-electron chi connectivity index (χ0n) is 7.85. The highest BCUT2D eigenvalue weighted by Gasteiger charge is 2.05. The summed E-state index contributed by atoms with van der Waals surface area (Å²) in [5.74, 6) is 0. The molecule has 2 heteroatoms. The van der Waals surface area contributed by atoms with Crippen molar-refractivity contribution in [3.63, 3.8) is 0 Å². The van der Waals surface area contributed by atoms with Gasteiger partial charge in [-0.05, 0) is 25.2 Å². The molecule has 2 heterocycles. The van der Waals surface area contributed by atoms with Gasteiger partial charge < -0.3 is 10.0 Å². The first-order valence-corrected chi connectivity index (χ1v) is 4.47. The molecule has 1 N–H and O–H groups in total. The number of aliphatic hydroxyl groups is 1. The highest BCUT2D eigenvalue weighted by atomic mass is 16.2. The summed E-state index contributed by atoms with van der Waals surface area (Å²) < 4.78 is 0. The molecule has 0 spiro atoms. The van der Waals surface area contributed by atoms with E-state index < -0.39 is 0 Å². The van der Waals surface area contributed by atoms with Crippen molar-refractivity contribution in [2.75, 3.05) is 13.2 Å². The van der Waals surface area contributed by atoms with Gasteiger partial charge in [0.1, 0.15) is 0 Å². The molecule has 0 fully saturated rings. The molecule has 0 aromatic carbocycles. The van der Waals surface area contributed by atoms with Gasteiger partial charge in [-0.15, -0.1) is 0 Å². The van der Waals surface area contributed by atoms with Crippen LogP contribution < -0.4 is 0 Å². The minimum atomic E-state index is 0.250. The Morgan fingerprint density at radius 1 is 1.38 bits per heavy atom. The number of allylic oxidation sites excluding steroid dienone is 5. The molecule has 0 aromatic rings. The van der Waals surface area contributed by atoms with E-state index in [1.807, 2.05) is 0 Å². The van der Waals surface area contributed by atoms with Gasteiger partial charge in [0, 0.05) is 25.0 Å². The summed E-state index contributed by atoms with van der Waals surface area (Å²) in [7, 11) is 0. The third-order valence-electron chi connectivity index (χ3n) is 1.68. The second-order valence-corrected chi connectivity index (χ2v) is 2.69. The Hall–Kier alpha value is -1.28. The van der Waals surface area contributed by atoms with Crippen molar-refractivity contribution < 1.29 is 5.11 Å². The van der Waals surface area contributed by atoms with E-state index in [0.717, 1.165) is 6.54 Å². The van der Waals surface area contributed by atoms with Gasteiger partial charge >= 0.3 is 0 Å². The van der Waals surface area contributed by atoms with Gasteiger partial charge in [0.15, 0.2) is 0 Å². The molecule has 2 rings (SSSR count). The molecule has 0 saturated carbocycles. The minimum Gasteiger partial charge on any atom is -0.397 e. The maximum absolute atomic E-state index is 7.57. The fourth-order valence-corrected chi connectivity index (χ4v) is 1.15. The average Bonchev–Trinajstić information content (AvgIpc) is 2.19. The molecule has 2 aliphatic heterocycles. The van der Waals surface area contributed by atoms with Crippen LogP contribution in [-0.2, 0) is 0 Å². The third kappa shape index (κ3) is 2.92. The molecule has 0 saturated heterocycles. The lowest BCUT2D eigenvalue weighted by molar-refractivity contribution is 0.318. The number of nitrogens with zero attached hydrogens (tertiary/aromatic N) is 1. The first-order chi connectivity index (χ1) is 6.38. The Morgan fingerprint density at radius 3 is 2.85 bits per heavy atom. The molecule has 70 valence electrons. The van der Waals surface area contributed by atoms with Crippen LogP contribution in [0.5, 0.6) is 0 Å². The Balaban J connectivity index is 0.000000251. The molecule has 13 heavy (non-hydrogen) atoms. The van der Waals surface area contributed by atoms with Crippen LogP contribution in [0.1, 0.15) is 6.92 Å². The monoisotopic (exact) mass is 177 g/mol. The van der Waals surface area contributed by atoms with Crippen LogP contribution >= 0.6 is 0 Å². The molecule has 0 aromatic heterocycles. The fourth-order valence-electron chi connectivity index (χ4n) is 1.15. The van der Waals surface area contributed by atoms with Gasteiger partial charge in [-0.2, -0.15) is 0 Å². The van der Waals surface area contributed by atoms with Crippen LogP contribution in [0.3, 0.4) is 0 Å². The van der Waals surface area contributed by atoms with Crippen molar-refractivity contribution in [3.8, 4) is 0 Å². The first-order valence-electron chi connectivity index (χ1n) is 4.47. The fraction of sp³-hybridized carbons (Fsp3) is 0.273. The highest BCUT2D eigenvalue weighted by molar-refractivity contribution is 5.33. The van der Waals surface area contributed by atoms with Crippen molar-refractivity contribution in [2.45, 2.75) is 6.92 Å². The molecule has 0 unspecified atom stereocenters. The molecule has 0 atom stereocenters. The molecule has 0 aliphatic carbocycles. The molecule has 2 aliphatic rings. The van der Waals surface area contributed by atoms with Gasteiger partial charge in [-0.1, -0.05) is 18.2 Å².